The fourth-order valence-electron chi connectivity index (χ4n) is 3.95. The van der Waals surface area contributed by atoms with Crippen LogP contribution in [0.25, 0.3) is 11.1 Å². The first kappa shape index (κ1) is 27.9. The van der Waals surface area contributed by atoms with Gasteiger partial charge in [-0.15, -0.1) is 0 Å². The van der Waals surface area contributed by atoms with Crippen LogP contribution in [0, 0.1) is 5.92 Å². The van der Waals surface area contributed by atoms with Gasteiger partial charge in [-0.25, -0.2) is 4.79 Å². The van der Waals surface area contributed by atoms with Gasteiger partial charge in [-0.2, -0.15) is 13.2 Å². The fraction of sp³-hybridized carbons (Fsp3) is 0.321. The van der Waals surface area contributed by atoms with Gasteiger partial charge in [-0.3, -0.25) is 9.78 Å². The molecule has 0 saturated carbocycles. The molecule has 1 aliphatic rings. The van der Waals surface area contributed by atoms with Crippen molar-refractivity contribution in [1.82, 2.24) is 15.6 Å². The van der Waals surface area contributed by atoms with Crippen molar-refractivity contribution in [2.75, 3.05) is 6.54 Å². The molecule has 9 heteroatoms. The number of nitrogens with zero attached hydrogens (tertiary/aromatic N) is 1. The Hall–Kier alpha value is -3.72. The summed E-state index contributed by atoms with van der Waals surface area (Å²) in [5, 5.41) is 13.8. The molecular formula is C28H30F3N3O3. The van der Waals surface area contributed by atoms with E-state index in [0.29, 0.717) is 24.1 Å². The average Bonchev–Trinajstić information content (AvgIpc) is 3.29. The standard InChI is InChI=1S/C26H29N3O.C2HF3O2/c1-18(2)14-29-26(30)24-11-23(16-27-17-24)20-9-5-6-19(10-20)15-28-25-12-21-7-3-4-8-22(21)13-25;3-2(4,5)1(6)7/h3-11,16-18,25,28H,12-15H2,1-2H3,(H,29,30);(H,6,7). The number of carboxylic acid groups (broad SMARTS) is 1. The van der Waals surface area contributed by atoms with E-state index in [-0.39, 0.29) is 5.91 Å². The lowest BCUT2D eigenvalue weighted by Crippen LogP contribution is -2.28. The number of carboxylic acids is 1. The third kappa shape index (κ3) is 8.42. The summed E-state index contributed by atoms with van der Waals surface area (Å²) in [6, 6.07) is 19.6. The van der Waals surface area contributed by atoms with E-state index in [0.717, 1.165) is 30.5 Å². The summed E-state index contributed by atoms with van der Waals surface area (Å²) < 4.78 is 31.7. The number of carbonyl (C=O) groups is 2. The van der Waals surface area contributed by atoms with Crippen LogP contribution in [0.3, 0.4) is 0 Å². The maximum absolute atomic E-state index is 12.4. The van der Waals surface area contributed by atoms with E-state index in [1.54, 1.807) is 6.20 Å². The molecular weight excluding hydrogens is 483 g/mol. The number of amides is 1. The fourth-order valence-corrected chi connectivity index (χ4v) is 3.95. The highest BCUT2D eigenvalue weighted by Crippen LogP contribution is 2.23. The van der Waals surface area contributed by atoms with Gasteiger partial charge in [0.25, 0.3) is 5.91 Å². The second-order valence-corrected chi connectivity index (χ2v) is 9.32. The van der Waals surface area contributed by atoms with Gasteiger partial charge in [0.2, 0.25) is 0 Å². The van der Waals surface area contributed by atoms with Crippen LogP contribution in [0.4, 0.5) is 13.2 Å². The topological polar surface area (TPSA) is 91.3 Å². The van der Waals surface area contributed by atoms with E-state index in [4.69, 9.17) is 9.90 Å². The third-order valence-corrected chi connectivity index (χ3v) is 5.82. The number of aromatic nitrogens is 1. The molecule has 6 nitrogen and oxygen atoms in total. The molecule has 0 fully saturated rings. The highest BCUT2D eigenvalue weighted by molar-refractivity contribution is 5.95. The molecule has 2 aromatic carbocycles. The summed E-state index contributed by atoms with van der Waals surface area (Å²) in [6.45, 7) is 5.65. The molecule has 196 valence electrons. The Morgan fingerprint density at radius 2 is 1.65 bits per heavy atom. The smallest absolute Gasteiger partial charge is 0.475 e. The van der Waals surface area contributed by atoms with E-state index in [2.05, 4.69) is 78.0 Å². The summed E-state index contributed by atoms with van der Waals surface area (Å²) in [4.78, 5) is 25.6. The van der Waals surface area contributed by atoms with Crippen molar-refractivity contribution in [3.63, 3.8) is 0 Å². The van der Waals surface area contributed by atoms with Crippen LogP contribution < -0.4 is 10.6 Å². The molecule has 0 aliphatic heterocycles. The van der Waals surface area contributed by atoms with Gasteiger partial charge in [-0.1, -0.05) is 56.3 Å². The number of alkyl halides is 3. The van der Waals surface area contributed by atoms with E-state index < -0.39 is 12.1 Å². The van der Waals surface area contributed by atoms with Crippen LogP contribution >= 0.6 is 0 Å². The Balaban J connectivity index is 0.000000479. The van der Waals surface area contributed by atoms with Crippen molar-refractivity contribution < 1.29 is 27.9 Å². The predicted molar refractivity (Wildman–Crippen MR) is 135 cm³/mol. The largest absolute Gasteiger partial charge is 0.490 e. The Morgan fingerprint density at radius 3 is 2.24 bits per heavy atom. The SMILES string of the molecule is CC(C)CNC(=O)c1cncc(-c2cccc(CNC3Cc4ccccc4C3)c2)c1.O=C(O)C(F)(F)F. The molecule has 0 atom stereocenters. The lowest BCUT2D eigenvalue weighted by Gasteiger charge is -2.13. The van der Waals surface area contributed by atoms with E-state index in [1.165, 1.54) is 16.7 Å². The van der Waals surface area contributed by atoms with Crippen LogP contribution in [-0.2, 0) is 24.2 Å². The monoisotopic (exact) mass is 513 g/mol. The van der Waals surface area contributed by atoms with Gasteiger partial charge in [0.15, 0.2) is 0 Å². The number of benzene rings is 2. The zero-order valence-electron chi connectivity index (χ0n) is 20.7. The molecule has 1 aromatic heterocycles. The van der Waals surface area contributed by atoms with Crippen LogP contribution in [-0.4, -0.2) is 40.7 Å². The molecule has 3 aromatic rings. The maximum Gasteiger partial charge on any atom is 0.490 e. The number of rotatable bonds is 7. The molecule has 1 amide bonds. The average molecular weight is 514 g/mol. The molecule has 3 N–H and O–H groups in total. The number of fused-ring (bicyclic) bond motifs is 1. The zero-order valence-corrected chi connectivity index (χ0v) is 20.7. The summed E-state index contributed by atoms with van der Waals surface area (Å²) in [6.07, 6.45) is 0.544. The lowest BCUT2D eigenvalue weighted by molar-refractivity contribution is -0.192. The van der Waals surface area contributed by atoms with Gasteiger partial charge >= 0.3 is 12.1 Å². The van der Waals surface area contributed by atoms with E-state index >= 15 is 0 Å². The Morgan fingerprint density at radius 1 is 1.00 bits per heavy atom. The summed E-state index contributed by atoms with van der Waals surface area (Å²) in [7, 11) is 0. The highest BCUT2D eigenvalue weighted by atomic mass is 19.4. The van der Waals surface area contributed by atoms with Crippen molar-refractivity contribution in [1.29, 1.82) is 0 Å². The van der Waals surface area contributed by atoms with Crippen LogP contribution in [0.15, 0.2) is 67.0 Å². The highest BCUT2D eigenvalue weighted by Gasteiger charge is 2.38. The number of aliphatic carboxylic acids is 1. The van der Waals surface area contributed by atoms with Crippen molar-refractivity contribution in [3.05, 3.63) is 89.2 Å². The third-order valence-electron chi connectivity index (χ3n) is 5.82. The number of hydrogen-bond donors (Lipinski definition) is 3. The molecule has 1 heterocycles. The Labute approximate surface area is 213 Å². The Kier molecular flexibility index (Phi) is 9.41. The molecule has 0 spiro atoms. The first-order valence-corrected chi connectivity index (χ1v) is 12.0. The zero-order chi connectivity index (χ0) is 27.0. The minimum absolute atomic E-state index is 0.0725. The molecule has 0 saturated heterocycles. The normalized spacial score (nSPS) is 13.0. The van der Waals surface area contributed by atoms with Crippen molar-refractivity contribution in [3.8, 4) is 11.1 Å². The lowest BCUT2D eigenvalue weighted by atomic mass is 10.0. The summed E-state index contributed by atoms with van der Waals surface area (Å²) >= 11 is 0. The second kappa shape index (κ2) is 12.5. The number of halogens is 3. The molecule has 1 aliphatic carbocycles. The minimum atomic E-state index is -5.08. The quantitative estimate of drug-likeness (QED) is 0.413. The maximum atomic E-state index is 12.4. The second-order valence-electron chi connectivity index (χ2n) is 9.32. The van der Waals surface area contributed by atoms with Crippen molar-refractivity contribution >= 4 is 11.9 Å². The van der Waals surface area contributed by atoms with Gasteiger partial charge in [0, 0.05) is 37.1 Å². The van der Waals surface area contributed by atoms with Crippen molar-refractivity contribution in [2.24, 2.45) is 5.92 Å². The molecule has 4 rings (SSSR count). The van der Waals surface area contributed by atoms with Gasteiger partial charge in [-0.05, 0) is 53.1 Å². The number of hydrogen-bond acceptors (Lipinski definition) is 4. The van der Waals surface area contributed by atoms with E-state index in [1.807, 2.05) is 12.3 Å². The van der Waals surface area contributed by atoms with Crippen LogP contribution in [0.2, 0.25) is 0 Å². The van der Waals surface area contributed by atoms with Crippen molar-refractivity contribution in [2.45, 2.75) is 45.5 Å². The van der Waals surface area contributed by atoms with E-state index in [9.17, 15) is 18.0 Å². The van der Waals surface area contributed by atoms with Crippen LogP contribution in [0.1, 0.15) is 40.9 Å². The molecule has 0 bridgehead atoms. The number of pyridine rings is 1. The summed E-state index contributed by atoms with van der Waals surface area (Å²) in [5.41, 5.74) is 6.79. The summed E-state index contributed by atoms with van der Waals surface area (Å²) in [5.74, 6) is -2.41. The first-order chi connectivity index (χ1) is 17.5. The van der Waals surface area contributed by atoms with Gasteiger partial charge < -0.3 is 15.7 Å². The molecule has 0 unspecified atom stereocenters. The Bertz CT molecular complexity index is 1200. The van der Waals surface area contributed by atoms with Gasteiger partial charge in [0.1, 0.15) is 0 Å². The predicted octanol–water partition coefficient (Wildman–Crippen LogP) is 5.02. The van der Waals surface area contributed by atoms with Gasteiger partial charge in [0.05, 0.1) is 5.56 Å². The number of nitrogens with one attached hydrogen (secondary N) is 2. The number of carbonyl (C=O) groups excluding carboxylic acids is 1. The molecule has 0 radical (unpaired) electrons. The molecule has 37 heavy (non-hydrogen) atoms. The minimum Gasteiger partial charge on any atom is -0.475 e. The first-order valence-electron chi connectivity index (χ1n) is 12.0. The van der Waals surface area contributed by atoms with Crippen LogP contribution in [0.5, 0.6) is 0 Å².